The Bertz CT molecular complexity index is 789. The molecule has 0 atom stereocenters. The Morgan fingerprint density at radius 1 is 0.933 bits per heavy atom. The molecule has 2 aromatic carbocycles. The molecule has 0 saturated carbocycles. The number of amides is 1. The fourth-order valence-electron chi connectivity index (χ4n) is 2.82. The summed E-state index contributed by atoms with van der Waals surface area (Å²) in [5, 5.41) is 5.94. The van der Waals surface area contributed by atoms with Gasteiger partial charge < -0.3 is 14.8 Å². The monoisotopic (exact) mass is 428 g/mol. The van der Waals surface area contributed by atoms with Gasteiger partial charge in [-0.15, -0.1) is 0 Å². The summed E-state index contributed by atoms with van der Waals surface area (Å²) in [6, 6.07) is 14.5. The lowest BCUT2D eigenvalue weighted by molar-refractivity contribution is 0.0977. The van der Waals surface area contributed by atoms with Crippen molar-refractivity contribution in [2.24, 2.45) is 0 Å². The van der Waals surface area contributed by atoms with E-state index >= 15 is 0 Å². The maximum Gasteiger partial charge on any atom is 0.257 e. The quantitative estimate of drug-likeness (QED) is 0.342. The fraction of sp³-hybridized carbons (Fsp3) is 0.417. The van der Waals surface area contributed by atoms with E-state index in [2.05, 4.69) is 17.6 Å². The van der Waals surface area contributed by atoms with Gasteiger partial charge in [-0.2, -0.15) is 0 Å². The van der Waals surface area contributed by atoms with Crippen LogP contribution in [0.2, 0.25) is 0 Å². The second-order valence-corrected chi connectivity index (χ2v) is 7.79. The molecule has 162 valence electrons. The third kappa shape index (κ3) is 8.82. The number of thiocarbonyl (C=S) groups is 1. The van der Waals surface area contributed by atoms with E-state index in [1.165, 1.54) is 25.7 Å². The standard InChI is InChI=1S/C24H32N2O3S/c1-4-5-6-7-8-17-28-21-13-9-19(10-14-21)23(27)26-24(30)25-20-11-15-22(16-12-20)29-18(2)3/h9-16,18H,4-8,17H2,1-3H3,(H2,25,26,27,30). The lowest BCUT2D eigenvalue weighted by atomic mass is 10.2. The van der Waals surface area contributed by atoms with E-state index in [1.54, 1.807) is 12.1 Å². The molecule has 0 saturated heterocycles. The zero-order valence-corrected chi connectivity index (χ0v) is 18.9. The van der Waals surface area contributed by atoms with Crippen molar-refractivity contribution in [1.29, 1.82) is 0 Å². The molecule has 0 bridgehead atoms. The van der Waals surface area contributed by atoms with Crippen LogP contribution >= 0.6 is 12.2 Å². The summed E-state index contributed by atoms with van der Waals surface area (Å²) >= 11 is 5.24. The van der Waals surface area contributed by atoms with Gasteiger partial charge >= 0.3 is 0 Å². The minimum Gasteiger partial charge on any atom is -0.494 e. The van der Waals surface area contributed by atoms with Gasteiger partial charge in [0.05, 0.1) is 12.7 Å². The highest BCUT2D eigenvalue weighted by Crippen LogP contribution is 2.17. The number of carbonyl (C=O) groups excluding carboxylic acids is 1. The summed E-state index contributed by atoms with van der Waals surface area (Å²) in [4.78, 5) is 12.4. The normalized spacial score (nSPS) is 10.5. The van der Waals surface area contributed by atoms with Gasteiger partial charge in [-0.25, -0.2) is 0 Å². The number of ether oxygens (including phenoxy) is 2. The van der Waals surface area contributed by atoms with Crippen LogP contribution in [0.25, 0.3) is 0 Å². The Labute approximate surface area is 185 Å². The van der Waals surface area contributed by atoms with E-state index in [0.29, 0.717) is 12.2 Å². The van der Waals surface area contributed by atoms with Crippen molar-refractivity contribution in [2.75, 3.05) is 11.9 Å². The van der Waals surface area contributed by atoms with Gasteiger partial charge in [-0.1, -0.05) is 32.6 Å². The molecule has 0 unspecified atom stereocenters. The molecule has 0 aliphatic heterocycles. The number of carbonyl (C=O) groups is 1. The van der Waals surface area contributed by atoms with Gasteiger partial charge in [0.25, 0.3) is 5.91 Å². The van der Waals surface area contributed by atoms with Gasteiger partial charge in [-0.05, 0) is 81.0 Å². The van der Waals surface area contributed by atoms with E-state index in [-0.39, 0.29) is 17.1 Å². The first-order valence-electron chi connectivity index (χ1n) is 10.6. The second kappa shape index (κ2) is 12.9. The van der Waals surface area contributed by atoms with Crippen LogP contribution < -0.4 is 20.1 Å². The number of nitrogens with one attached hydrogen (secondary N) is 2. The number of hydrogen-bond donors (Lipinski definition) is 2. The number of benzene rings is 2. The molecule has 5 nitrogen and oxygen atoms in total. The maximum absolute atomic E-state index is 12.4. The minimum atomic E-state index is -0.265. The average molecular weight is 429 g/mol. The molecule has 2 aromatic rings. The molecule has 0 heterocycles. The Kier molecular flexibility index (Phi) is 10.1. The summed E-state index contributed by atoms with van der Waals surface area (Å²) in [6.45, 7) is 6.86. The van der Waals surface area contributed by atoms with Crippen LogP contribution in [0.1, 0.15) is 63.2 Å². The molecule has 30 heavy (non-hydrogen) atoms. The van der Waals surface area contributed by atoms with Crippen molar-refractivity contribution in [3.05, 3.63) is 54.1 Å². The van der Waals surface area contributed by atoms with Crippen LogP contribution in [0, 0.1) is 0 Å². The lowest BCUT2D eigenvalue weighted by Gasteiger charge is -2.12. The van der Waals surface area contributed by atoms with Crippen LogP contribution in [0.3, 0.4) is 0 Å². The summed E-state index contributed by atoms with van der Waals surface area (Å²) in [5.41, 5.74) is 1.30. The van der Waals surface area contributed by atoms with Crippen molar-refractivity contribution in [1.82, 2.24) is 5.32 Å². The zero-order valence-electron chi connectivity index (χ0n) is 18.1. The third-order valence-corrected chi connectivity index (χ3v) is 4.55. The van der Waals surface area contributed by atoms with E-state index < -0.39 is 0 Å². The smallest absolute Gasteiger partial charge is 0.257 e. The Morgan fingerprint density at radius 3 is 2.20 bits per heavy atom. The average Bonchev–Trinajstić information content (AvgIpc) is 2.72. The predicted octanol–water partition coefficient (Wildman–Crippen LogP) is 5.95. The SMILES string of the molecule is CCCCCCCOc1ccc(C(=O)NC(=S)Nc2ccc(OC(C)C)cc2)cc1. The molecule has 2 rings (SSSR count). The zero-order chi connectivity index (χ0) is 21.8. The Hall–Kier alpha value is -2.60. The van der Waals surface area contributed by atoms with E-state index in [4.69, 9.17) is 21.7 Å². The van der Waals surface area contributed by atoms with Crippen LogP contribution in [-0.2, 0) is 0 Å². The molecular weight excluding hydrogens is 396 g/mol. The number of rotatable bonds is 11. The molecule has 0 fully saturated rings. The number of hydrogen-bond acceptors (Lipinski definition) is 4. The highest BCUT2D eigenvalue weighted by molar-refractivity contribution is 7.80. The molecule has 0 radical (unpaired) electrons. The summed E-state index contributed by atoms with van der Waals surface area (Å²) < 4.78 is 11.3. The van der Waals surface area contributed by atoms with Crippen LogP contribution in [-0.4, -0.2) is 23.7 Å². The van der Waals surface area contributed by atoms with Gasteiger partial charge in [0.1, 0.15) is 11.5 Å². The van der Waals surface area contributed by atoms with Gasteiger partial charge in [0.2, 0.25) is 0 Å². The first-order chi connectivity index (χ1) is 14.5. The lowest BCUT2D eigenvalue weighted by Crippen LogP contribution is -2.34. The maximum atomic E-state index is 12.4. The number of anilines is 1. The first-order valence-corrected chi connectivity index (χ1v) is 11.0. The Balaban J connectivity index is 1.76. The predicted molar refractivity (Wildman–Crippen MR) is 127 cm³/mol. The largest absolute Gasteiger partial charge is 0.494 e. The first kappa shape index (κ1) is 23.7. The topological polar surface area (TPSA) is 59.6 Å². The van der Waals surface area contributed by atoms with Crippen molar-refractivity contribution in [2.45, 2.75) is 59.0 Å². The molecule has 6 heteroatoms. The van der Waals surface area contributed by atoms with Crippen LogP contribution in [0.15, 0.2) is 48.5 Å². The van der Waals surface area contributed by atoms with Gasteiger partial charge in [0, 0.05) is 11.3 Å². The van der Waals surface area contributed by atoms with E-state index in [1.807, 2.05) is 50.2 Å². The van der Waals surface area contributed by atoms with Crippen LogP contribution in [0.5, 0.6) is 11.5 Å². The van der Waals surface area contributed by atoms with E-state index in [9.17, 15) is 4.79 Å². The minimum absolute atomic E-state index is 0.117. The summed E-state index contributed by atoms with van der Waals surface area (Å²) in [6.07, 6.45) is 6.12. The molecule has 1 amide bonds. The molecule has 0 aliphatic carbocycles. The third-order valence-electron chi connectivity index (χ3n) is 4.34. The summed E-state index contributed by atoms with van der Waals surface area (Å²) in [7, 11) is 0. The highest BCUT2D eigenvalue weighted by Gasteiger charge is 2.08. The van der Waals surface area contributed by atoms with Crippen molar-refractivity contribution in [3.8, 4) is 11.5 Å². The van der Waals surface area contributed by atoms with Crippen molar-refractivity contribution < 1.29 is 14.3 Å². The van der Waals surface area contributed by atoms with Gasteiger partial charge in [-0.3, -0.25) is 10.1 Å². The highest BCUT2D eigenvalue weighted by atomic mass is 32.1. The van der Waals surface area contributed by atoms with Crippen LogP contribution in [0.4, 0.5) is 5.69 Å². The Morgan fingerprint density at radius 2 is 1.57 bits per heavy atom. The number of unbranched alkanes of at least 4 members (excludes halogenated alkanes) is 4. The molecule has 2 N–H and O–H groups in total. The van der Waals surface area contributed by atoms with Gasteiger partial charge in [0.15, 0.2) is 5.11 Å². The molecule has 0 aromatic heterocycles. The fourth-order valence-corrected chi connectivity index (χ4v) is 3.04. The van der Waals surface area contributed by atoms with Crippen molar-refractivity contribution >= 4 is 28.9 Å². The van der Waals surface area contributed by atoms with E-state index in [0.717, 1.165) is 23.6 Å². The summed E-state index contributed by atoms with van der Waals surface area (Å²) in [5.74, 6) is 1.29. The molecule has 0 aliphatic rings. The molecular formula is C24H32N2O3S. The molecule has 0 spiro atoms. The van der Waals surface area contributed by atoms with Crippen molar-refractivity contribution in [3.63, 3.8) is 0 Å². The second-order valence-electron chi connectivity index (χ2n) is 7.39.